The maximum absolute atomic E-state index is 12.0. The predicted molar refractivity (Wildman–Crippen MR) is 59.5 cm³/mol. The summed E-state index contributed by atoms with van der Waals surface area (Å²) in [5.41, 5.74) is 5.21. The largest absolute Gasteiger partial charge is 0.368 e. The Morgan fingerprint density at radius 1 is 1.19 bits per heavy atom. The van der Waals surface area contributed by atoms with E-state index in [1.54, 1.807) is 4.90 Å². The molecule has 5 heteroatoms. The molecule has 2 amide bonds. The second-order valence-corrected chi connectivity index (χ2v) is 4.69. The zero-order chi connectivity index (χ0) is 11.5. The standard InChI is InChI=1S/C11H19N3O2/c12-10(15)7-14(11(16)8-1-2-8)9-3-5-13-6-4-9/h8-9,13H,1-7H2,(H2,12,15). The third-order valence-electron chi connectivity index (χ3n) is 3.29. The molecule has 2 rings (SSSR count). The van der Waals surface area contributed by atoms with Gasteiger partial charge in [-0.05, 0) is 38.8 Å². The number of carbonyl (C=O) groups excluding carboxylic acids is 2. The van der Waals surface area contributed by atoms with Crippen LogP contribution in [0.25, 0.3) is 0 Å². The maximum Gasteiger partial charge on any atom is 0.237 e. The summed E-state index contributed by atoms with van der Waals surface area (Å²) in [6.07, 6.45) is 3.79. The van der Waals surface area contributed by atoms with Crippen LogP contribution in [0.2, 0.25) is 0 Å². The molecule has 90 valence electrons. The van der Waals surface area contributed by atoms with E-state index in [4.69, 9.17) is 5.73 Å². The van der Waals surface area contributed by atoms with Crippen LogP contribution >= 0.6 is 0 Å². The van der Waals surface area contributed by atoms with Gasteiger partial charge in [-0.1, -0.05) is 0 Å². The van der Waals surface area contributed by atoms with Crippen molar-refractivity contribution in [2.24, 2.45) is 11.7 Å². The Balaban J connectivity index is 1.99. The van der Waals surface area contributed by atoms with E-state index in [1.165, 1.54) is 0 Å². The Labute approximate surface area is 95.3 Å². The Kier molecular flexibility index (Phi) is 3.43. The number of carbonyl (C=O) groups is 2. The Hall–Kier alpha value is -1.10. The maximum atomic E-state index is 12.0. The van der Waals surface area contributed by atoms with Crippen LogP contribution in [0.15, 0.2) is 0 Å². The zero-order valence-electron chi connectivity index (χ0n) is 9.45. The summed E-state index contributed by atoms with van der Waals surface area (Å²) in [5.74, 6) is -0.118. The van der Waals surface area contributed by atoms with Crippen molar-refractivity contribution in [1.82, 2.24) is 10.2 Å². The van der Waals surface area contributed by atoms with Gasteiger partial charge in [-0.3, -0.25) is 9.59 Å². The van der Waals surface area contributed by atoms with Crippen LogP contribution in [0.5, 0.6) is 0 Å². The third-order valence-corrected chi connectivity index (χ3v) is 3.29. The lowest BCUT2D eigenvalue weighted by atomic mass is 10.0. The number of nitrogens with one attached hydrogen (secondary N) is 1. The molecule has 1 saturated carbocycles. The molecule has 0 bridgehead atoms. The minimum atomic E-state index is -0.410. The normalized spacial score (nSPS) is 21.8. The lowest BCUT2D eigenvalue weighted by Gasteiger charge is -2.34. The van der Waals surface area contributed by atoms with Gasteiger partial charge in [-0.2, -0.15) is 0 Å². The Morgan fingerprint density at radius 2 is 1.81 bits per heavy atom. The van der Waals surface area contributed by atoms with E-state index in [0.717, 1.165) is 38.8 Å². The van der Waals surface area contributed by atoms with E-state index in [2.05, 4.69) is 5.32 Å². The van der Waals surface area contributed by atoms with Gasteiger partial charge in [0.2, 0.25) is 11.8 Å². The molecule has 0 aromatic carbocycles. The van der Waals surface area contributed by atoms with Crippen LogP contribution in [0.4, 0.5) is 0 Å². The molecular weight excluding hydrogens is 206 g/mol. The van der Waals surface area contributed by atoms with Crippen LogP contribution in [-0.4, -0.2) is 42.4 Å². The molecule has 2 fully saturated rings. The molecule has 5 nitrogen and oxygen atoms in total. The van der Waals surface area contributed by atoms with E-state index in [-0.39, 0.29) is 24.4 Å². The molecule has 0 unspecified atom stereocenters. The van der Waals surface area contributed by atoms with Gasteiger partial charge in [0.15, 0.2) is 0 Å². The first-order valence-electron chi connectivity index (χ1n) is 5.98. The van der Waals surface area contributed by atoms with E-state index >= 15 is 0 Å². The topological polar surface area (TPSA) is 75.4 Å². The van der Waals surface area contributed by atoms with Crippen molar-refractivity contribution in [3.8, 4) is 0 Å². The van der Waals surface area contributed by atoms with Crippen LogP contribution in [0.1, 0.15) is 25.7 Å². The molecular formula is C11H19N3O2. The van der Waals surface area contributed by atoms with E-state index < -0.39 is 5.91 Å². The number of primary amides is 1. The van der Waals surface area contributed by atoms with Crippen molar-refractivity contribution in [2.75, 3.05) is 19.6 Å². The molecule has 3 N–H and O–H groups in total. The van der Waals surface area contributed by atoms with Gasteiger partial charge in [-0.25, -0.2) is 0 Å². The average molecular weight is 225 g/mol. The molecule has 0 aromatic heterocycles. The van der Waals surface area contributed by atoms with Gasteiger partial charge in [0.05, 0.1) is 6.54 Å². The van der Waals surface area contributed by atoms with Crippen molar-refractivity contribution in [3.63, 3.8) is 0 Å². The highest BCUT2D eigenvalue weighted by Crippen LogP contribution is 2.32. The third kappa shape index (κ3) is 2.72. The molecule has 0 atom stereocenters. The second kappa shape index (κ2) is 4.82. The number of hydrogen-bond acceptors (Lipinski definition) is 3. The zero-order valence-corrected chi connectivity index (χ0v) is 9.45. The van der Waals surface area contributed by atoms with Crippen molar-refractivity contribution >= 4 is 11.8 Å². The fraction of sp³-hybridized carbons (Fsp3) is 0.818. The summed E-state index contributed by atoms with van der Waals surface area (Å²) < 4.78 is 0. The van der Waals surface area contributed by atoms with Gasteiger partial charge in [0, 0.05) is 12.0 Å². The fourth-order valence-corrected chi connectivity index (χ4v) is 2.24. The molecule has 0 radical (unpaired) electrons. The van der Waals surface area contributed by atoms with E-state index in [1.807, 2.05) is 0 Å². The number of piperidine rings is 1. The number of nitrogens with two attached hydrogens (primary N) is 1. The first kappa shape index (κ1) is 11.4. The SMILES string of the molecule is NC(=O)CN(C(=O)C1CC1)C1CCNCC1. The first-order valence-corrected chi connectivity index (χ1v) is 5.98. The molecule has 16 heavy (non-hydrogen) atoms. The average Bonchev–Trinajstić information content (AvgIpc) is 3.10. The van der Waals surface area contributed by atoms with Gasteiger partial charge < -0.3 is 16.0 Å². The number of hydrogen-bond donors (Lipinski definition) is 2. The molecule has 1 heterocycles. The molecule has 0 spiro atoms. The molecule has 2 aliphatic rings. The predicted octanol–water partition coefficient (Wildman–Crippen LogP) is -0.538. The second-order valence-electron chi connectivity index (χ2n) is 4.69. The summed E-state index contributed by atoms with van der Waals surface area (Å²) in [4.78, 5) is 24.8. The fourth-order valence-electron chi connectivity index (χ4n) is 2.24. The molecule has 0 aromatic rings. The number of amides is 2. The molecule has 1 saturated heterocycles. The lowest BCUT2D eigenvalue weighted by molar-refractivity contribution is -0.139. The lowest BCUT2D eigenvalue weighted by Crippen LogP contribution is -2.49. The first-order chi connectivity index (χ1) is 7.68. The van der Waals surface area contributed by atoms with Gasteiger partial charge in [-0.15, -0.1) is 0 Å². The van der Waals surface area contributed by atoms with Crippen molar-refractivity contribution in [1.29, 1.82) is 0 Å². The van der Waals surface area contributed by atoms with E-state index in [9.17, 15) is 9.59 Å². The minimum absolute atomic E-state index is 0.0833. The van der Waals surface area contributed by atoms with Crippen LogP contribution in [0, 0.1) is 5.92 Å². The van der Waals surface area contributed by atoms with E-state index in [0.29, 0.717) is 0 Å². The monoisotopic (exact) mass is 225 g/mol. The smallest absolute Gasteiger partial charge is 0.237 e. The van der Waals surface area contributed by atoms with Gasteiger partial charge in [0.1, 0.15) is 0 Å². The highest BCUT2D eigenvalue weighted by atomic mass is 16.2. The molecule has 1 aliphatic carbocycles. The van der Waals surface area contributed by atoms with Crippen LogP contribution in [-0.2, 0) is 9.59 Å². The summed E-state index contributed by atoms with van der Waals surface area (Å²) in [5, 5.41) is 3.25. The molecule has 1 aliphatic heterocycles. The van der Waals surface area contributed by atoms with Crippen molar-refractivity contribution in [2.45, 2.75) is 31.7 Å². The highest BCUT2D eigenvalue weighted by molar-refractivity contribution is 5.86. The van der Waals surface area contributed by atoms with Gasteiger partial charge in [0.25, 0.3) is 0 Å². The Bertz CT molecular complexity index is 283. The summed E-state index contributed by atoms with van der Waals surface area (Å²) >= 11 is 0. The minimum Gasteiger partial charge on any atom is -0.368 e. The van der Waals surface area contributed by atoms with Crippen LogP contribution in [0.3, 0.4) is 0 Å². The quantitative estimate of drug-likeness (QED) is 0.675. The van der Waals surface area contributed by atoms with Crippen LogP contribution < -0.4 is 11.1 Å². The number of rotatable bonds is 4. The summed E-state index contributed by atoms with van der Waals surface area (Å²) in [7, 11) is 0. The van der Waals surface area contributed by atoms with Crippen molar-refractivity contribution < 1.29 is 9.59 Å². The number of nitrogens with zero attached hydrogens (tertiary/aromatic N) is 1. The highest BCUT2D eigenvalue weighted by Gasteiger charge is 2.37. The Morgan fingerprint density at radius 3 is 2.31 bits per heavy atom. The summed E-state index contributed by atoms with van der Waals surface area (Å²) in [6, 6.07) is 0.196. The van der Waals surface area contributed by atoms with Crippen molar-refractivity contribution in [3.05, 3.63) is 0 Å². The summed E-state index contributed by atoms with van der Waals surface area (Å²) in [6.45, 7) is 1.91. The van der Waals surface area contributed by atoms with Gasteiger partial charge >= 0.3 is 0 Å².